The van der Waals surface area contributed by atoms with Gasteiger partial charge >= 0.3 is 0 Å². The molecule has 0 aliphatic carbocycles. The van der Waals surface area contributed by atoms with Crippen molar-refractivity contribution >= 4 is 17.2 Å². The Labute approximate surface area is 106 Å². The van der Waals surface area contributed by atoms with Crippen LogP contribution >= 0.6 is 11.3 Å². The molecule has 0 spiro atoms. The zero-order valence-corrected chi connectivity index (χ0v) is 11.1. The van der Waals surface area contributed by atoms with E-state index in [9.17, 15) is 4.79 Å². The average molecular weight is 251 g/mol. The summed E-state index contributed by atoms with van der Waals surface area (Å²) in [5, 5.41) is 11.5. The van der Waals surface area contributed by atoms with Gasteiger partial charge in [0.1, 0.15) is 6.61 Å². The Balaban J connectivity index is 2.53. The maximum Gasteiger partial charge on any atom is 0.225 e. The number of nitrogens with one attached hydrogen (secondary N) is 1. The van der Waals surface area contributed by atoms with Crippen LogP contribution < -0.4 is 5.32 Å². The van der Waals surface area contributed by atoms with E-state index < -0.39 is 0 Å². The fourth-order valence-electron chi connectivity index (χ4n) is 1.10. The first-order valence-electron chi connectivity index (χ1n) is 5.40. The number of hydrogen-bond acceptors (Lipinski definition) is 3. The van der Waals surface area contributed by atoms with Crippen molar-refractivity contribution in [2.45, 2.75) is 27.3 Å². The van der Waals surface area contributed by atoms with Crippen molar-refractivity contribution in [3.63, 3.8) is 0 Å². The fraction of sp³-hybridized carbons (Fsp3) is 0.462. The normalized spacial score (nSPS) is 10.6. The number of thiophene rings is 1. The Kier molecular flexibility index (Phi) is 4.73. The summed E-state index contributed by atoms with van der Waals surface area (Å²) >= 11 is 1.53. The predicted molar refractivity (Wildman–Crippen MR) is 69.6 cm³/mol. The maximum atomic E-state index is 11.6. The highest BCUT2D eigenvalue weighted by Crippen LogP contribution is 2.17. The molecule has 1 aromatic heterocycles. The highest BCUT2D eigenvalue weighted by Gasteiger charge is 2.20. The summed E-state index contributed by atoms with van der Waals surface area (Å²) < 4.78 is 0. The monoisotopic (exact) mass is 251 g/mol. The fourth-order valence-corrected chi connectivity index (χ4v) is 1.92. The molecule has 1 aromatic rings. The van der Waals surface area contributed by atoms with Gasteiger partial charge in [-0.1, -0.05) is 32.6 Å². The lowest BCUT2D eigenvalue weighted by atomic mass is 9.96. The molecular formula is C13H17NO2S. The third-order valence-electron chi connectivity index (χ3n) is 2.06. The lowest BCUT2D eigenvalue weighted by molar-refractivity contribution is -0.128. The van der Waals surface area contributed by atoms with Gasteiger partial charge in [-0.3, -0.25) is 4.79 Å². The van der Waals surface area contributed by atoms with Crippen LogP contribution in [0.5, 0.6) is 0 Å². The van der Waals surface area contributed by atoms with Crippen LogP contribution in [0, 0.1) is 17.3 Å². The summed E-state index contributed by atoms with van der Waals surface area (Å²) in [6.07, 6.45) is 0. The third-order valence-corrected chi connectivity index (χ3v) is 3.06. The molecule has 0 unspecified atom stereocenters. The van der Waals surface area contributed by atoms with Gasteiger partial charge in [-0.15, -0.1) is 11.3 Å². The van der Waals surface area contributed by atoms with Crippen LogP contribution in [0.25, 0.3) is 0 Å². The lowest BCUT2D eigenvalue weighted by Gasteiger charge is -2.17. The van der Waals surface area contributed by atoms with Crippen LogP contribution in [0.15, 0.2) is 12.1 Å². The molecular weight excluding hydrogens is 234 g/mol. The standard InChI is InChI=1S/C13H17NO2S/c1-13(2,3)12(16)14-9-11-7-6-10(17-11)5-4-8-15/h6-7,15H,8-9H2,1-3H3,(H,14,16). The SMILES string of the molecule is CC(C)(C)C(=O)NCc1ccc(C#CCO)s1. The summed E-state index contributed by atoms with van der Waals surface area (Å²) in [6, 6.07) is 3.83. The van der Waals surface area contributed by atoms with Crippen LogP contribution in [-0.2, 0) is 11.3 Å². The molecule has 92 valence electrons. The van der Waals surface area contributed by atoms with Gasteiger partial charge in [-0.05, 0) is 12.1 Å². The minimum atomic E-state index is -0.364. The van der Waals surface area contributed by atoms with Crippen LogP contribution in [0.1, 0.15) is 30.5 Å². The van der Waals surface area contributed by atoms with E-state index in [1.54, 1.807) is 0 Å². The molecule has 0 fully saturated rings. The summed E-state index contributed by atoms with van der Waals surface area (Å²) in [5.74, 6) is 5.47. The Bertz CT molecular complexity index is 446. The van der Waals surface area contributed by atoms with E-state index in [0.717, 1.165) is 9.75 Å². The number of aliphatic hydroxyl groups excluding tert-OH is 1. The largest absolute Gasteiger partial charge is 0.384 e. The molecule has 0 bridgehead atoms. The van der Waals surface area contributed by atoms with E-state index in [4.69, 9.17) is 5.11 Å². The van der Waals surface area contributed by atoms with Crippen molar-refractivity contribution < 1.29 is 9.90 Å². The van der Waals surface area contributed by atoms with Crippen molar-refractivity contribution in [2.24, 2.45) is 5.41 Å². The van der Waals surface area contributed by atoms with E-state index in [-0.39, 0.29) is 17.9 Å². The van der Waals surface area contributed by atoms with Crippen molar-refractivity contribution in [2.75, 3.05) is 6.61 Å². The topological polar surface area (TPSA) is 49.3 Å². The lowest BCUT2D eigenvalue weighted by Crippen LogP contribution is -2.34. The quantitative estimate of drug-likeness (QED) is 0.787. The number of carbonyl (C=O) groups excluding carboxylic acids is 1. The Morgan fingerprint density at radius 2 is 2.18 bits per heavy atom. The molecule has 3 nitrogen and oxygen atoms in total. The molecule has 0 aromatic carbocycles. The Morgan fingerprint density at radius 1 is 1.47 bits per heavy atom. The first kappa shape index (κ1) is 13.8. The summed E-state index contributed by atoms with van der Waals surface area (Å²) in [4.78, 5) is 13.6. The van der Waals surface area contributed by atoms with Gasteiger partial charge in [0, 0.05) is 10.3 Å². The number of rotatable bonds is 2. The zero-order chi connectivity index (χ0) is 12.9. The summed E-state index contributed by atoms with van der Waals surface area (Å²) in [5.41, 5.74) is -0.364. The molecule has 1 heterocycles. The van der Waals surface area contributed by atoms with Gasteiger partial charge in [0.25, 0.3) is 0 Å². The first-order valence-corrected chi connectivity index (χ1v) is 6.22. The predicted octanol–water partition coefficient (Wildman–Crippen LogP) is 1.75. The summed E-state index contributed by atoms with van der Waals surface area (Å²) in [7, 11) is 0. The van der Waals surface area contributed by atoms with Gasteiger partial charge in [0.15, 0.2) is 0 Å². The molecule has 1 rings (SSSR count). The first-order chi connectivity index (χ1) is 7.93. The number of amides is 1. The van der Waals surface area contributed by atoms with Crippen molar-refractivity contribution in [1.29, 1.82) is 0 Å². The van der Waals surface area contributed by atoms with Crippen LogP contribution in [0.3, 0.4) is 0 Å². The van der Waals surface area contributed by atoms with E-state index in [1.165, 1.54) is 11.3 Å². The van der Waals surface area contributed by atoms with E-state index in [2.05, 4.69) is 17.2 Å². The Hall–Kier alpha value is -1.31. The second-order valence-corrected chi connectivity index (χ2v) is 5.83. The van der Waals surface area contributed by atoms with Gasteiger partial charge < -0.3 is 10.4 Å². The molecule has 0 atom stereocenters. The Morgan fingerprint density at radius 3 is 2.76 bits per heavy atom. The maximum absolute atomic E-state index is 11.6. The second-order valence-electron chi connectivity index (χ2n) is 4.66. The zero-order valence-electron chi connectivity index (χ0n) is 10.3. The molecule has 1 amide bonds. The van der Waals surface area contributed by atoms with Crippen LogP contribution in [0.2, 0.25) is 0 Å². The third kappa shape index (κ3) is 4.59. The van der Waals surface area contributed by atoms with E-state index >= 15 is 0 Å². The van der Waals surface area contributed by atoms with Crippen LogP contribution in [-0.4, -0.2) is 17.6 Å². The molecule has 0 saturated carbocycles. The van der Waals surface area contributed by atoms with Gasteiger partial charge in [0.2, 0.25) is 5.91 Å². The molecule has 17 heavy (non-hydrogen) atoms. The van der Waals surface area contributed by atoms with Crippen molar-refractivity contribution in [1.82, 2.24) is 5.32 Å². The second kappa shape index (κ2) is 5.85. The molecule has 0 saturated heterocycles. The highest BCUT2D eigenvalue weighted by atomic mass is 32.1. The molecule has 0 aliphatic heterocycles. The van der Waals surface area contributed by atoms with Gasteiger partial charge in [-0.25, -0.2) is 0 Å². The highest BCUT2D eigenvalue weighted by molar-refractivity contribution is 7.12. The van der Waals surface area contributed by atoms with Crippen molar-refractivity contribution in [3.8, 4) is 11.8 Å². The minimum absolute atomic E-state index is 0.0360. The number of carbonyl (C=O) groups is 1. The van der Waals surface area contributed by atoms with Crippen LogP contribution in [0.4, 0.5) is 0 Å². The molecule has 4 heteroatoms. The number of aliphatic hydroxyl groups is 1. The van der Waals surface area contributed by atoms with Gasteiger partial charge in [0.05, 0.1) is 11.4 Å². The smallest absolute Gasteiger partial charge is 0.225 e. The minimum Gasteiger partial charge on any atom is -0.384 e. The molecule has 2 N–H and O–H groups in total. The van der Waals surface area contributed by atoms with Crippen molar-refractivity contribution in [3.05, 3.63) is 21.9 Å². The number of hydrogen-bond donors (Lipinski definition) is 2. The average Bonchev–Trinajstić information content (AvgIpc) is 2.69. The summed E-state index contributed by atoms with van der Waals surface area (Å²) in [6.45, 7) is 6.05. The van der Waals surface area contributed by atoms with Gasteiger partial charge in [-0.2, -0.15) is 0 Å². The van der Waals surface area contributed by atoms with E-state index in [1.807, 2.05) is 32.9 Å². The molecule has 0 radical (unpaired) electrons. The molecule has 0 aliphatic rings. The van der Waals surface area contributed by atoms with E-state index in [0.29, 0.717) is 6.54 Å².